The molecule has 0 saturated heterocycles. The van der Waals surface area contributed by atoms with E-state index in [1.807, 2.05) is 21.1 Å². The van der Waals surface area contributed by atoms with E-state index in [9.17, 15) is 19.5 Å². The number of hydrogen-bond acceptors (Lipinski definition) is 8. The van der Waals surface area contributed by atoms with Gasteiger partial charge in [-0.15, -0.1) is 0 Å². The number of quaternary nitrogens is 1. The smallest absolute Gasteiger partial charge is 0.306 e. The Labute approximate surface area is 422 Å². The minimum Gasteiger partial charge on any atom is -0.545 e. The van der Waals surface area contributed by atoms with Crippen LogP contribution in [-0.2, 0) is 33.3 Å². The minimum absolute atomic E-state index is 0.139. The Kier molecular flexibility index (Phi) is 47.8. The maximum Gasteiger partial charge on any atom is 0.306 e. The molecule has 9 nitrogen and oxygen atoms in total. The summed E-state index contributed by atoms with van der Waals surface area (Å²) in [6.45, 7) is 4.48. The molecule has 69 heavy (non-hydrogen) atoms. The number of hydrogen-bond donors (Lipinski definition) is 0. The number of carbonyl (C=O) groups excluding carboxylic acids is 3. The van der Waals surface area contributed by atoms with Crippen molar-refractivity contribution in [3.63, 3.8) is 0 Å². The molecular weight excluding hydrogens is 863 g/mol. The number of likely N-dealkylation sites (N-methyl/N-ethyl adjacent to an activating group) is 1. The molecule has 9 heteroatoms. The summed E-state index contributed by atoms with van der Waals surface area (Å²) in [7, 11) is 5.90. The fourth-order valence-corrected chi connectivity index (χ4v) is 7.16. The van der Waals surface area contributed by atoms with E-state index in [1.165, 1.54) is 70.6 Å². The molecule has 0 radical (unpaired) electrons. The van der Waals surface area contributed by atoms with Crippen molar-refractivity contribution in [2.24, 2.45) is 0 Å². The first-order valence-electron chi connectivity index (χ1n) is 27.4. The summed E-state index contributed by atoms with van der Waals surface area (Å²) in [5.41, 5.74) is 0. The maximum absolute atomic E-state index is 12.8. The molecule has 0 rings (SSSR count). The Bertz CT molecular complexity index is 1450. The Morgan fingerprint density at radius 3 is 1.16 bits per heavy atom. The molecular formula is C60H101NO8. The van der Waals surface area contributed by atoms with Gasteiger partial charge in [0.15, 0.2) is 12.4 Å². The van der Waals surface area contributed by atoms with Crippen molar-refractivity contribution in [1.82, 2.24) is 0 Å². The lowest BCUT2D eigenvalue weighted by Crippen LogP contribution is -2.44. The normalized spacial score (nSPS) is 13.6. The summed E-state index contributed by atoms with van der Waals surface area (Å²) in [4.78, 5) is 37.2. The standard InChI is InChI=1S/C60H101NO8/c1-6-8-10-12-14-16-18-20-22-24-25-26-27-28-29-30-31-32-33-35-37-39-41-43-45-47-49-51-58(63)69-56(55-68-60(59(64)65)66-53-52-61(3,4)5)54-67-57(62)50-48-46-44-42-40-38-36-34-23-21-19-17-15-13-11-9-7-2/h8-11,14-17,20-23,25-26,36,38,56,60H,6-7,12-13,18-19,24,27-35,37,39-55H2,1-5H3/b10-8-,11-9-,16-14-,17-15-,22-20-,23-21-,26-25-,38-36-. The number of allylic oxidation sites excluding steroid dienone is 16. The summed E-state index contributed by atoms with van der Waals surface area (Å²) in [6, 6.07) is 0. The summed E-state index contributed by atoms with van der Waals surface area (Å²) in [6.07, 6.45) is 64.5. The molecule has 0 amide bonds. The lowest BCUT2D eigenvalue weighted by atomic mass is 10.0. The Hall–Kier alpha value is -3.79. The van der Waals surface area contributed by atoms with Crippen molar-refractivity contribution in [3.8, 4) is 0 Å². The third-order valence-corrected chi connectivity index (χ3v) is 11.3. The average Bonchev–Trinajstić information content (AvgIpc) is 3.31. The zero-order valence-electron chi connectivity index (χ0n) is 44.6. The monoisotopic (exact) mass is 964 g/mol. The Morgan fingerprint density at radius 1 is 0.435 bits per heavy atom. The second-order valence-electron chi connectivity index (χ2n) is 19.1. The van der Waals surface area contributed by atoms with Gasteiger partial charge in [-0.1, -0.05) is 201 Å². The summed E-state index contributed by atoms with van der Waals surface area (Å²) < 4.78 is 22.6. The van der Waals surface area contributed by atoms with Gasteiger partial charge in [-0.2, -0.15) is 0 Å². The van der Waals surface area contributed by atoms with Crippen LogP contribution in [0.3, 0.4) is 0 Å². The van der Waals surface area contributed by atoms with E-state index < -0.39 is 24.3 Å². The molecule has 2 atom stereocenters. The number of unbranched alkanes of at least 4 members (excludes halogenated alkanes) is 18. The molecule has 0 aromatic carbocycles. The molecule has 394 valence electrons. The molecule has 0 N–H and O–H groups in total. The lowest BCUT2D eigenvalue weighted by Gasteiger charge is -2.26. The molecule has 0 fully saturated rings. The SMILES string of the molecule is CC/C=C\C/C=C\C/C=C\C/C=C\CCCCCCCCCCCCCCCCC(=O)OC(COC(=O)CCCCCC/C=C\C/C=C\C/C=C\C/C=C\CC)COC(OCC[N+](C)(C)C)C(=O)[O-]. The Morgan fingerprint density at radius 2 is 0.783 bits per heavy atom. The lowest BCUT2D eigenvalue weighted by molar-refractivity contribution is -0.870. The molecule has 0 aliphatic carbocycles. The van der Waals surface area contributed by atoms with Gasteiger partial charge < -0.3 is 33.3 Å². The Balaban J connectivity index is 4.28. The fourth-order valence-electron chi connectivity index (χ4n) is 7.16. The predicted octanol–water partition coefficient (Wildman–Crippen LogP) is 14.4. The number of ether oxygens (including phenoxy) is 4. The maximum atomic E-state index is 12.8. The highest BCUT2D eigenvalue weighted by Crippen LogP contribution is 2.15. The summed E-state index contributed by atoms with van der Waals surface area (Å²) in [5.74, 6) is -2.32. The van der Waals surface area contributed by atoms with Gasteiger partial charge in [-0.3, -0.25) is 9.59 Å². The summed E-state index contributed by atoms with van der Waals surface area (Å²) >= 11 is 0. The largest absolute Gasteiger partial charge is 0.545 e. The van der Waals surface area contributed by atoms with Gasteiger partial charge in [-0.25, -0.2) is 0 Å². The zero-order chi connectivity index (χ0) is 50.6. The van der Waals surface area contributed by atoms with Gasteiger partial charge in [0, 0.05) is 12.8 Å². The van der Waals surface area contributed by atoms with Crippen molar-refractivity contribution in [2.75, 3.05) is 47.5 Å². The molecule has 0 aliphatic rings. The molecule has 0 aromatic rings. The number of nitrogens with zero attached hydrogens (tertiary/aromatic N) is 1. The molecule has 0 bridgehead atoms. The molecule has 0 aliphatic heterocycles. The van der Waals surface area contributed by atoms with Crippen LogP contribution in [0, 0.1) is 0 Å². The first-order valence-corrected chi connectivity index (χ1v) is 27.4. The number of carboxylic acid groups (broad SMARTS) is 1. The van der Waals surface area contributed by atoms with Crippen LogP contribution in [0.5, 0.6) is 0 Å². The predicted molar refractivity (Wildman–Crippen MR) is 287 cm³/mol. The number of rotatable bonds is 49. The number of aliphatic carboxylic acids is 1. The quantitative estimate of drug-likeness (QED) is 0.0195. The second-order valence-corrected chi connectivity index (χ2v) is 19.1. The van der Waals surface area contributed by atoms with Crippen LogP contribution in [0.25, 0.3) is 0 Å². The van der Waals surface area contributed by atoms with Gasteiger partial charge in [0.1, 0.15) is 13.2 Å². The third kappa shape index (κ3) is 51.9. The van der Waals surface area contributed by atoms with Gasteiger partial charge in [0.25, 0.3) is 0 Å². The van der Waals surface area contributed by atoms with Crippen molar-refractivity contribution < 1.29 is 42.9 Å². The molecule has 0 aromatic heterocycles. The van der Waals surface area contributed by atoms with Crippen LogP contribution in [0.2, 0.25) is 0 Å². The van der Waals surface area contributed by atoms with E-state index in [4.69, 9.17) is 18.9 Å². The van der Waals surface area contributed by atoms with Crippen LogP contribution >= 0.6 is 0 Å². The number of esters is 2. The van der Waals surface area contributed by atoms with E-state index in [2.05, 4.69) is 111 Å². The first-order chi connectivity index (χ1) is 33.6. The highest BCUT2D eigenvalue weighted by molar-refractivity contribution is 5.70. The van der Waals surface area contributed by atoms with Gasteiger partial charge >= 0.3 is 11.9 Å². The van der Waals surface area contributed by atoms with E-state index in [1.54, 1.807) is 0 Å². The van der Waals surface area contributed by atoms with E-state index in [0.717, 1.165) is 96.3 Å². The highest BCUT2D eigenvalue weighted by atomic mass is 16.7. The van der Waals surface area contributed by atoms with Crippen molar-refractivity contribution in [2.45, 2.75) is 219 Å². The van der Waals surface area contributed by atoms with Crippen LogP contribution in [0.4, 0.5) is 0 Å². The van der Waals surface area contributed by atoms with Gasteiger partial charge in [-0.05, 0) is 89.9 Å². The second kappa shape index (κ2) is 50.6. The van der Waals surface area contributed by atoms with Crippen molar-refractivity contribution >= 4 is 17.9 Å². The average molecular weight is 964 g/mol. The van der Waals surface area contributed by atoms with Crippen LogP contribution < -0.4 is 5.11 Å². The van der Waals surface area contributed by atoms with Crippen LogP contribution in [-0.4, -0.2) is 82.3 Å². The molecule has 0 saturated carbocycles. The third-order valence-electron chi connectivity index (χ3n) is 11.3. The first kappa shape index (κ1) is 65.2. The van der Waals surface area contributed by atoms with Gasteiger partial charge in [0.2, 0.25) is 0 Å². The van der Waals surface area contributed by atoms with E-state index in [-0.39, 0.29) is 38.6 Å². The van der Waals surface area contributed by atoms with Gasteiger partial charge in [0.05, 0.1) is 40.3 Å². The minimum atomic E-state index is -1.63. The van der Waals surface area contributed by atoms with Crippen molar-refractivity contribution in [1.29, 1.82) is 0 Å². The highest BCUT2D eigenvalue weighted by Gasteiger charge is 2.22. The molecule has 2 unspecified atom stereocenters. The number of carboxylic acids is 1. The molecule has 0 spiro atoms. The van der Waals surface area contributed by atoms with Crippen LogP contribution in [0.15, 0.2) is 97.2 Å². The summed E-state index contributed by atoms with van der Waals surface area (Å²) in [5, 5.41) is 11.8. The van der Waals surface area contributed by atoms with Crippen molar-refractivity contribution in [3.05, 3.63) is 97.2 Å². The topological polar surface area (TPSA) is 111 Å². The molecule has 0 heterocycles. The number of carbonyl (C=O) groups is 3. The fraction of sp³-hybridized carbons (Fsp3) is 0.683. The van der Waals surface area contributed by atoms with E-state index in [0.29, 0.717) is 23.9 Å². The van der Waals surface area contributed by atoms with Crippen LogP contribution in [0.1, 0.15) is 206 Å². The zero-order valence-corrected chi connectivity index (χ0v) is 44.6. The van der Waals surface area contributed by atoms with E-state index >= 15 is 0 Å².